The van der Waals surface area contributed by atoms with Crippen LogP contribution in [0, 0.1) is 0 Å². The maximum absolute atomic E-state index is 10.6. The van der Waals surface area contributed by atoms with Crippen molar-refractivity contribution in [3.63, 3.8) is 0 Å². The van der Waals surface area contributed by atoms with E-state index in [1.54, 1.807) is 0 Å². The Morgan fingerprint density at radius 1 is 1.15 bits per heavy atom. The second kappa shape index (κ2) is 5.01. The van der Waals surface area contributed by atoms with Crippen molar-refractivity contribution in [1.29, 1.82) is 0 Å². The summed E-state index contributed by atoms with van der Waals surface area (Å²) in [5.41, 5.74) is 6.54. The topological polar surface area (TPSA) is 78.2 Å². The summed E-state index contributed by atoms with van der Waals surface area (Å²) >= 11 is 0. The molecule has 0 aliphatic rings. The third kappa shape index (κ3) is 2.84. The second-order valence-electron chi connectivity index (χ2n) is 2.18. The molecule has 1 aromatic carbocycles. The summed E-state index contributed by atoms with van der Waals surface area (Å²) in [6.45, 7) is 0. The summed E-state index contributed by atoms with van der Waals surface area (Å²) in [6.07, 6.45) is 0. The number of carboxylic acid groups (broad SMARTS) is 1. The van der Waals surface area contributed by atoms with Crippen LogP contribution in [0.5, 0.6) is 0 Å². The maximum Gasteiger partial charge on any atom is 1.00 e. The average Bonchev–Trinajstić information content (AvgIpc) is 2.04. The summed E-state index contributed by atoms with van der Waals surface area (Å²) in [5, 5.41) is 8.58. The molecule has 62 valence electrons. The Morgan fingerprint density at radius 3 is 1.92 bits per heavy atom. The first kappa shape index (κ1) is 12.2. The number of rotatable bonds is 2. The predicted molar refractivity (Wildman–Crippen MR) is 42.1 cm³/mol. The SMILES string of the molecule is [NH-]C(=O)c1ccccc1C(=O)O.[Na+]. The Balaban J connectivity index is 0.00000144. The van der Waals surface area contributed by atoms with Crippen molar-refractivity contribution in [2.45, 2.75) is 0 Å². The fourth-order valence-corrected chi connectivity index (χ4v) is 0.868. The Bertz CT molecular complexity index is 305. The molecule has 0 unspecified atom stereocenters. The first-order valence-electron chi connectivity index (χ1n) is 3.21. The fraction of sp³-hybridized carbons (Fsp3) is 0. The molecule has 0 aliphatic carbocycles. The van der Waals surface area contributed by atoms with Crippen LogP contribution in [0.2, 0.25) is 0 Å². The summed E-state index contributed by atoms with van der Waals surface area (Å²) in [6, 6.07) is 5.65. The van der Waals surface area contributed by atoms with Crippen molar-refractivity contribution in [3.8, 4) is 0 Å². The second-order valence-corrected chi connectivity index (χ2v) is 2.18. The van der Waals surface area contributed by atoms with Gasteiger partial charge in [-0.05, 0) is 6.07 Å². The van der Waals surface area contributed by atoms with Crippen LogP contribution in [-0.2, 0) is 0 Å². The Kier molecular flexibility index (Phi) is 4.69. The van der Waals surface area contributed by atoms with Gasteiger partial charge >= 0.3 is 35.5 Å². The van der Waals surface area contributed by atoms with E-state index in [-0.39, 0.29) is 40.7 Å². The van der Waals surface area contributed by atoms with Gasteiger partial charge in [0, 0.05) is 5.56 Å². The maximum atomic E-state index is 10.6. The Morgan fingerprint density at radius 2 is 1.62 bits per heavy atom. The van der Waals surface area contributed by atoms with Gasteiger partial charge in [0.15, 0.2) is 0 Å². The van der Waals surface area contributed by atoms with Crippen LogP contribution < -0.4 is 29.6 Å². The van der Waals surface area contributed by atoms with Gasteiger partial charge < -0.3 is 15.6 Å². The molecule has 0 saturated heterocycles. The van der Waals surface area contributed by atoms with Crippen LogP contribution >= 0.6 is 0 Å². The molecule has 0 bridgehead atoms. The Labute approximate surface area is 97.0 Å². The zero-order valence-corrected chi connectivity index (χ0v) is 9.07. The third-order valence-electron chi connectivity index (χ3n) is 1.40. The number of hydrogen-bond donors (Lipinski definition) is 1. The van der Waals surface area contributed by atoms with Crippen molar-refractivity contribution in [3.05, 3.63) is 41.1 Å². The zero-order valence-electron chi connectivity index (χ0n) is 7.07. The molecule has 0 saturated carbocycles. The number of nitrogens with one attached hydrogen (secondary N) is 1. The van der Waals surface area contributed by atoms with Crippen LogP contribution in [0.25, 0.3) is 5.73 Å². The molecule has 1 aromatic rings. The summed E-state index contributed by atoms with van der Waals surface area (Å²) in [5.74, 6) is -2.17. The quantitative estimate of drug-likeness (QED) is 0.577. The third-order valence-corrected chi connectivity index (χ3v) is 1.40. The molecule has 0 aromatic heterocycles. The number of amides is 1. The van der Waals surface area contributed by atoms with E-state index in [0.29, 0.717) is 0 Å². The van der Waals surface area contributed by atoms with Crippen molar-refractivity contribution < 1.29 is 44.3 Å². The zero-order chi connectivity index (χ0) is 9.14. The van der Waals surface area contributed by atoms with Crippen LogP contribution in [-0.4, -0.2) is 17.0 Å². The molecule has 0 spiro atoms. The van der Waals surface area contributed by atoms with E-state index in [2.05, 4.69) is 0 Å². The predicted octanol–water partition coefficient (Wildman–Crippen LogP) is -1.42. The number of carbonyl (C=O) groups excluding carboxylic acids is 1. The van der Waals surface area contributed by atoms with Crippen molar-refractivity contribution in [2.75, 3.05) is 0 Å². The number of carbonyl (C=O) groups is 2. The summed E-state index contributed by atoms with van der Waals surface area (Å²) in [4.78, 5) is 21.1. The normalized spacial score (nSPS) is 8.62. The number of carboxylic acids is 1. The fourth-order valence-electron chi connectivity index (χ4n) is 0.868. The molecule has 1 amide bonds. The van der Waals surface area contributed by atoms with E-state index < -0.39 is 11.9 Å². The molecule has 0 radical (unpaired) electrons. The molecule has 0 fully saturated rings. The van der Waals surface area contributed by atoms with Crippen LogP contribution in [0.3, 0.4) is 0 Å². The molecule has 5 heteroatoms. The average molecular weight is 187 g/mol. The van der Waals surface area contributed by atoms with E-state index in [0.717, 1.165) is 0 Å². The van der Waals surface area contributed by atoms with E-state index in [9.17, 15) is 9.59 Å². The number of aromatic carboxylic acids is 1. The van der Waals surface area contributed by atoms with Gasteiger partial charge in [-0.25, -0.2) is 4.79 Å². The monoisotopic (exact) mass is 187 g/mol. The minimum absolute atomic E-state index is 0. The molecular formula is C8H6NNaO3. The van der Waals surface area contributed by atoms with E-state index in [4.69, 9.17) is 10.8 Å². The number of hydrogen-bond acceptors (Lipinski definition) is 2. The van der Waals surface area contributed by atoms with Gasteiger partial charge in [-0.1, -0.05) is 18.2 Å². The molecule has 1 rings (SSSR count). The van der Waals surface area contributed by atoms with E-state index >= 15 is 0 Å². The molecule has 0 atom stereocenters. The molecular weight excluding hydrogens is 181 g/mol. The summed E-state index contributed by atoms with van der Waals surface area (Å²) in [7, 11) is 0. The molecule has 0 heterocycles. The van der Waals surface area contributed by atoms with Gasteiger partial charge in [0.05, 0.1) is 11.5 Å². The minimum atomic E-state index is -1.19. The van der Waals surface area contributed by atoms with Gasteiger partial charge in [0.1, 0.15) is 0 Å². The number of benzene rings is 1. The van der Waals surface area contributed by atoms with E-state index in [1.807, 2.05) is 0 Å². The van der Waals surface area contributed by atoms with Crippen LogP contribution in [0.4, 0.5) is 0 Å². The van der Waals surface area contributed by atoms with Gasteiger partial charge in [-0.2, -0.15) is 0 Å². The van der Waals surface area contributed by atoms with Gasteiger partial charge in [0.2, 0.25) is 0 Å². The molecule has 13 heavy (non-hydrogen) atoms. The minimum Gasteiger partial charge on any atom is -0.664 e. The van der Waals surface area contributed by atoms with E-state index in [1.165, 1.54) is 24.3 Å². The molecule has 4 nitrogen and oxygen atoms in total. The van der Waals surface area contributed by atoms with Crippen LogP contribution in [0.15, 0.2) is 24.3 Å². The van der Waals surface area contributed by atoms with Gasteiger partial charge in [-0.3, -0.25) is 0 Å². The molecule has 0 aliphatic heterocycles. The van der Waals surface area contributed by atoms with Crippen molar-refractivity contribution in [2.24, 2.45) is 0 Å². The van der Waals surface area contributed by atoms with Crippen molar-refractivity contribution >= 4 is 11.9 Å². The van der Waals surface area contributed by atoms with Gasteiger partial charge in [0.25, 0.3) is 0 Å². The largest absolute Gasteiger partial charge is 1.00 e. The molecule has 2 N–H and O–H groups in total. The first-order valence-corrected chi connectivity index (χ1v) is 3.21. The van der Waals surface area contributed by atoms with Crippen LogP contribution in [0.1, 0.15) is 20.7 Å². The standard InChI is InChI=1S/C8H7NO3.Na/c9-7(10)5-3-1-2-4-6(5)8(11)12;/h1-4H,(H3,9,10,11,12);/q;+1/p-1. The van der Waals surface area contributed by atoms with Gasteiger partial charge in [-0.15, -0.1) is 0 Å². The summed E-state index contributed by atoms with van der Waals surface area (Å²) < 4.78 is 0. The van der Waals surface area contributed by atoms with Crippen molar-refractivity contribution in [1.82, 2.24) is 0 Å². The first-order chi connectivity index (χ1) is 5.63. The smallest absolute Gasteiger partial charge is 0.664 e. The Hall–Kier alpha value is -0.840.